The van der Waals surface area contributed by atoms with Gasteiger partial charge in [0.1, 0.15) is 23.1 Å². The molecule has 0 radical (unpaired) electrons. The fourth-order valence-electron chi connectivity index (χ4n) is 3.71. The van der Waals surface area contributed by atoms with E-state index in [4.69, 9.17) is 4.74 Å². The minimum Gasteiger partial charge on any atom is -0.487 e. The number of amides is 1. The van der Waals surface area contributed by atoms with E-state index in [0.29, 0.717) is 18.5 Å². The number of hydrogen-bond acceptors (Lipinski definition) is 7. The molecule has 0 saturated heterocycles. The van der Waals surface area contributed by atoms with Gasteiger partial charge in [-0.15, -0.1) is 0 Å². The van der Waals surface area contributed by atoms with Crippen molar-refractivity contribution < 1.29 is 23.1 Å². The van der Waals surface area contributed by atoms with E-state index < -0.39 is 22.2 Å². The van der Waals surface area contributed by atoms with Gasteiger partial charge in [0.15, 0.2) is 0 Å². The van der Waals surface area contributed by atoms with Gasteiger partial charge in [-0.1, -0.05) is 19.9 Å². The number of carbonyl (C=O) groups is 1. The first kappa shape index (κ1) is 24.1. The van der Waals surface area contributed by atoms with Gasteiger partial charge >= 0.3 is 0 Å². The number of carbonyl (C=O) groups excluding carboxylic acids is 1. The average molecular weight is 463 g/mol. The summed E-state index contributed by atoms with van der Waals surface area (Å²) in [5.74, 6) is -0.0513. The van der Waals surface area contributed by atoms with Crippen LogP contribution in [0.15, 0.2) is 41.8 Å². The molecule has 1 amide bonds. The molecule has 0 spiro atoms. The van der Waals surface area contributed by atoms with Crippen LogP contribution in [0, 0.1) is 5.92 Å². The molecule has 1 aliphatic heterocycles. The number of hydrogen-bond donors (Lipinski definition) is 1. The molecule has 1 N–H and O–H groups in total. The van der Waals surface area contributed by atoms with Crippen LogP contribution in [0.4, 0.5) is 0 Å². The summed E-state index contributed by atoms with van der Waals surface area (Å²) >= 11 is 0. The molecule has 9 nitrogen and oxygen atoms in total. The standard InChI is InChI=1S/C22H30N4O5S/c1-5-22(28)25(4)12-20-15(2)11-26(16(3)13-27)32(29,30)21-7-6-17(8-19(21)31-20)18-9-23-14-24-10-18/h6-10,14-16,20,27H,5,11-13H2,1-4H3/t15-,16-,20+/m0/s1. The zero-order chi connectivity index (χ0) is 23.5. The summed E-state index contributed by atoms with van der Waals surface area (Å²) in [6, 6.07) is 4.26. The molecule has 0 saturated carbocycles. The Balaban J connectivity index is 2.11. The van der Waals surface area contributed by atoms with Crippen molar-refractivity contribution in [2.75, 3.05) is 26.7 Å². The Hall–Kier alpha value is -2.56. The fraction of sp³-hybridized carbons (Fsp3) is 0.500. The minimum atomic E-state index is -3.92. The fourth-order valence-corrected chi connectivity index (χ4v) is 5.54. The summed E-state index contributed by atoms with van der Waals surface area (Å²) in [5, 5.41) is 9.72. The lowest BCUT2D eigenvalue weighted by molar-refractivity contribution is -0.131. The van der Waals surface area contributed by atoms with Crippen molar-refractivity contribution >= 4 is 15.9 Å². The maximum Gasteiger partial charge on any atom is 0.247 e. The molecule has 3 rings (SSSR count). The molecular weight excluding hydrogens is 432 g/mol. The molecule has 0 bridgehead atoms. The number of rotatable bonds is 6. The van der Waals surface area contributed by atoms with E-state index in [9.17, 15) is 18.3 Å². The first-order chi connectivity index (χ1) is 15.2. The van der Waals surface area contributed by atoms with Gasteiger partial charge in [0.2, 0.25) is 15.9 Å². The van der Waals surface area contributed by atoms with Gasteiger partial charge in [-0.05, 0) is 24.6 Å². The van der Waals surface area contributed by atoms with E-state index in [-0.39, 0.29) is 35.6 Å². The van der Waals surface area contributed by atoms with Crippen LogP contribution in [0.3, 0.4) is 0 Å². The second kappa shape index (κ2) is 9.93. The number of likely N-dealkylation sites (N-methyl/N-ethyl adjacent to an activating group) is 1. The maximum absolute atomic E-state index is 13.5. The molecule has 1 aliphatic rings. The van der Waals surface area contributed by atoms with Crippen LogP contribution < -0.4 is 4.74 Å². The Bertz CT molecular complexity index is 1050. The van der Waals surface area contributed by atoms with Crippen LogP contribution in [-0.2, 0) is 14.8 Å². The third-order valence-electron chi connectivity index (χ3n) is 5.74. The molecule has 2 heterocycles. The number of benzene rings is 1. The first-order valence-electron chi connectivity index (χ1n) is 10.6. The first-order valence-corrected chi connectivity index (χ1v) is 12.1. The van der Waals surface area contributed by atoms with Gasteiger partial charge in [-0.3, -0.25) is 4.79 Å². The Morgan fingerprint density at radius 2 is 2.00 bits per heavy atom. The maximum atomic E-state index is 13.5. The van der Waals surface area contributed by atoms with Crippen molar-refractivity contribution in [1.29, 1.82) is 0 Å². The van der Waals surface area contributed by atoms with Gasteiger partial charge in [0.25, 0.3) is 0 Å². The van der Waals surface area contributed by atoms with E-state index in [2.05, 4.69) is 9.97 Å². The number of sulfonamides is 1. The highest BCUT2D eigenvalue weighted by atomic mass is 32.2. The van der Waals surface area contributed by atoms with Crippen molar-refractivity contribution in [1.82, 2.24) is 19.2 Å². The highest BCUT2D eigenvalue weighted by molar-refractivity contribution is 7.89. The van der Waals surface area contributed by atoms with Crippen molar-refractivity contribution in [3.8, 4) is 16.9 Å². The molecule has 2 aromatic rings. The Labute approximate surface area is 189 Å². The predicted octanol–water partition coefficient (Wildman–Crippen LogP) is 1.78. The van der Waals surface area contributed by atoms with Crippen LogP contribution >= 0.6 is 0 Å². The smallest absolute Gasteiger partial charge is 0.247 e. The third kappa shape index (κ3) is 4.92. The Morgan fingerprint density at radius 1 is 1.31 bits per heavy atom. The van der Waals surface area contributed by atoms with Crippen LogP contribution in [0.25, 0.3) is 11.1 Å². The lowest BCUT2D eigenvalue weighted by atomic mass is 10.0. The van der Waals surface area contributed by atoms with E-state index in [1.807, 2.05) is 6.92 Å². The molecule has 0 unspecified atom stereocenters. The normalized spacial score (nSPS) is 21.5. The number of fused-ring (bicyclic) bond motifs is 1. The van der Waals surface area contributed by atoms with Gasteiger partial charge in [0.05, 0.1) is 13.2 Å². The highest BCUT2D eigenvalue weighted by Crippen LogP contribution is 2.36. The Morgan fingerprint density at radius 3 is 2.62 bits per heavy atom. The third-order valence-corrected chi connectivity index (χ3v) is 7.76. The molecular formula is C22H30N4O5S. The van der Waals surface area contributed by atoms with Crippen molar-refractivity contribution in [3.63, 3.8) is 0 Å². The van der Waals surface area contributed by atoms with Crippen LogP contribution in [-0.4, -0.2) is 77.5 Å². The molecule has 1 aromatic carbocycles. The van der Waals surface area contributed by atoms with Crippen LogP contribution in [0.2, 0.25) is 0 Å². The lowest BCUT2D eigenvalue weighted by Crippen LogP contribution is -2.50. The van der Waals surface area contributed by atoms with E-state index in [0.717, 1.165) is 5.56 Å². The lowest BCUT2D eigenvalue weighted by Gasteiger charge is -2.37. The number of aromatic nitrogens is 2. The SMILES string of the molecule is CCC(=O)N(C)C[C@H]1Oc2cc(-c3cncnc3)ccc2S(=O)(=O)N([C@@H](C)CO)C[C@@H]1C. The van der Waals surface area contributed by atoms with Crippen molar-refractivity contribution in [3.05, 3.63) is 36.9 Å². The van der Waals surface area contributed by atoms with Crippen molar-refractivity contribution in [2.24, 2.45) is 5.92 Å². The van der Waals surface area contributed by atoms with E-state index in [1.165, 1.54) is 16.7 Å². The van der Waals surface area contributed by atoms with Gasteiger partial charge in [-0.2, -0.15) is 4.31 Å². The summed E-state index contributed by atoms with van der Waals surface area (Å²) < 4.78 is 34.6. The molecule has 32 heavy (non-hydrogen) atoms. The monoisotopic (exact) mass is 462 g/mol. The Kier molecular flexibility index (Phi) is 7.47. The summed E-state index contributed by atoms with van der Waals surface area (Å²) in [7, 11) is -2.21. The second-order valence-electron chi connectivity index (χ2n) is 8.16. The molecule has 3 atom stereocenters. The number of ether oxygens (including phenoxy) is 1. The summed E-state index contributed by atoms with van der Waals surface area (Å²) in [5.41, 5.74) is 1.44. The predicted molar refractivity (Wildman–Crippen MR) is 119 cm³/mol. The minimum absolute atomic E-state index is 0.0218. The van der Waals surface area contributed by atoms with Crippen molar-refractivity contribution in [2.45, 2.75) is 44.2 Å². The topological polar surface area (TPSA) is 113 Å². The zero-order valence-electron chi connectivity index (χ0n) is 18.8. The number of aliphatic hydroxyl groups excluding tert-OH is 1. The average Bonchev–Trinajstić information content (AvgIpc) is 2.80. The molecule has 174 valence electrons. The zero-order valence-corrected chi connectivity index (χ0v) is 19.6. The second-order valence-corrected chi connectivity index (χ2v) is 10.0. The molecule has 1 aromatic heterocycles. The van der Waals surface area contributed by atoms with Gasteiger partial charge in [-0.25, -0.2) is 18.4 Å². The largest absolute Gasteiger partial charge is 0.487 e. The van der Waals surface area contributed by atoms with Gasteiger partial charge in [0, 0.05) is 49.9 Å². The molecule has 0 fully saturated rings. The quantitative estimate of drug-likeness (QED) is 0.696. The van der Waals surface area contributed by atoms with Crippen LogP contribution in [0.5, 0.6) is 5.75 Å². The molecule has 0 aliphatic carbocycles. The molecule has 10 heteroatoms. The van der Waals surface area contributed by atoms with Gasteiger partial charge < -0.3 is 14.7 Å². The number of aliphatic hydroxyl groups is 1. The summed E-state index contributed by atoms with van der Waals surface area (Å²) in [6.07, 6.45) is 4.62. The van der Waals surface area contributed by atoms with Crippen LogP contribution in [0.1, 0.15) is 27.2 Å². The highest BCUT2D eigenvalue weighted by Gasteiger charge is 2.38. The van der Waals surface area contributed by atoms with E-state index >= 15 is 0 Å². The summed E-state index contributed by atoms with van der Waals surface area (Å²) in [6.45, 7) is 5.53. The summed E-state index contributed by atoms with van der Waals surface area (Å²) in [4.78, 5) is 21.9. The van der Waals surface area contributed by atoms with E-state index in [1.54, 1.807) is 50.3 Å². The number of nitrogens with zero attached hydrogens (tertiary/aromatic N) is 4.